The predicted molar refractivity (Wildman–Crippen MR) is 84.5 cm³/mol. The van der Waals surface area contributed by atoms with E-state index in [9.17, 15) is 0 Å². The SMILES string of the molecule is Cn1nc(-c2nnc(-c3ccc(Cl)cc3)o2)c2ccccc21. The molecule has 6 heteroatoms. The van der Waals surface area contributed by atoms with Gasteiger partial charge >= 0.3 is 0 Å². The zero-order valence-corrected chi connectivity index (χ0v) is 12.4. The Kier molecular flexibility index (Phi) is 2.94. The third-order valence-corrected chi connectivity index (χ3v) is 3.73. The molecule has 2 heterocycles. The summed E-state index contributed by atoms with van der Waals surface area (Å²) in [4.78, 5) is 0. The van der Waals surface area contributed by atoms with Gasteiger partial charge in [0.15, 0.2) is 5.69 Å². The average molecular weight is 311 g/mol. The van der Waals surface area contributed by atoms with Gasteiger partial charge in [-0.25, -0.2) is 0 Å². The van der Waals surface area contributed by atoms with E-state index in [1.165, 1.54) is 0 Å². The van der Waals surface area contributed by atoms with Crippen molar-refractivity contribution in [1.29, 1.82) is 0 Å². The van der Waals surface area contributed by atoms with Crippen molar-refractivity contribution >= 4 is 22.5 Å². The van der Waals surface area contributed by atoms with Crippen LogP contribution in [0, 0.1) is 0 Å². The lowest BCUT2D eigenvalue weighted by Crippen LogP contribution is -1.89. The molecule has 0 radical (unpaired) electrons. The summed E-state index contributed by atoms with van der Waals surface area (Å²) in [5, 5.41) is 14.4. The molecular weight excluding hydrogens is 300 g/mol. The zero-order valence-electron chi connectivity index (χ0n) is 11.7. The summed E-state index contributed by atoms with van der Waals surface area (Å²) in [6, 6.07) is 15.2. The second-order valence-corrected chi connectivity index (χ2v) is 5.35. The molecule has 0 aliphatic rings. The van der Waals surface area contributed by atoms with Crippen LogP contribution in [0.1, 0.15) is 0 Å². The molecule has 22 heavy (non-hydrogen) atoms. The normalized spacial score (nSPS) is 11.2. The average Bonchev–Trinajstić information content (AvgIpc) is 3.14. The van der Waals surface area contributed by atoms with Crippen LogP contribution in [0.15, 0.2) is 52.9 Å². The topological polar surface area (TPSA) is 56.7 Å². The lowest BCUT2D eigenvalue weighted by Gasteiger charge is -1.94. The monoisotopic (exact) mass is 310 g/mol. The van der Waals surface area contributed by atoms with Crippen molar-refractivity contribution in [3.63, 3.8) is 0 Å². The van der Waals surface area contributed by atoms with Gasteiger partial charge in [0.1, 0.15) is 0 Å². The first kappa shape index (κ1) is 13.0. The van der Waals surface area contributed by atoms with Crippen LogP contribution >= 0.6 is 11.6 Å². The van der Waals surface area contributed by atoms with Crippen LogP contribution in [0.25, 0.3) is 33.9 Å². The van der Waals surface area contributed by atoms with E-state index in [1.807, 2.05) is 43.4 Å². The summed E-state index contributed by atoms with van der Waals surface area (Å²) in [5.74, 6) is 0.850. The Morgan fingerprint density at radius 3 is 2.50 bits per heavy atom. The van der Waals surface area contributed by atoms with Crippen molar-refractivity contribution < 1.29 is 4.42 Å². The van der Waals surface area contributed by atoms with Crippen LogP contribution in [0.5, 0.6) is 0 Å². The first-order valence-corrected chi connectivity index (χ1v) is 7.12. The molecule has 0 aliphatic heterocycles. The van der Waals surface area contributed by atoms with E-state index >= 15 is 0 Å². The summed E-state index contributed by atoms with van der Waals surface area (Å²) >= 11 is 5.89. The second-order valence-electron chi connectivity index (χ2n) is 4.91. The number of para-hydroxylation sites is 1. The Hall–Kier alpha value is -2.66. The van der Waals surface area contributed by atoms with Gasteiger partial charge in [-0.15, -0.1) is 10.2 Å². The number of benzene rings is 2. The molecule has 0 saturated heterocycles. The minimum Gasteiger partial charge on any atom is -0.415 e. The highest BCUT2D eigenvalue weighted by Crippen LogP contribution is 2.29. The van der Waals surface area contributed by atoms with Gasteiger partial charge in [-0.1, -0.05) is 29.8 Å². The van der Waals surface area contributed by atoms with Gasteiger partial charge in [-0.3, -0.25) is 4.68 Å². The molecule has 4 aromatic rings. The summed E-state index contributed by atoms with van der Waals surface area (Å²) in [7, 11) is 1.89. The molecule has 0 fully saturated rings. The smallest absolute Gasteiger partial charge is 0.269 e. The first-order chi connectivity index (χ1) is 10.7. The van der Waals surface area contributed by atoms with Gasteiger partial charge in [0, 0.05) is 23.0 Å². The number of halogens is 1. The van der Waals surface area contributed by atoms with E-state index in [0.29, 0.717) is 22.5 Å². The lowest BCUT2D eigenvalue weighted by molar-refractivity contribution is 0.580. The van der Waals surface area contributed by atoms with E-state index in [0.717, 1.165) is 16.5 Å². The quantitative estimate of drug-likeness (QED) is 0.562. The Balaban J connectivity index is 1.82. The predicted octanol–water partition coefficient (Wildman–Crippen LogP) is 3.94. The highest BCUT2D eigenvalue weighted by Gasteiger charge is 2.17. The molecule has 0 bridgehead atoms. The second kappa shape index (κ2) is 4.96. The first-order valence-electron chi connectivity index (χ1n) is 6.74. The van der Waals surface area contributed by atoms with Gasteiger partial charge in [0.2, 0.25) is 5.89 Å². The fourth-order valence-electron chi connectivity index (χ4n) is 2.40. The number of rotatable bonds is 2. The molecule has 2 aromatic carbocycles. The summed E-state index contributed by atoms with van der Waals surface area (Å²) in [6.45, 7) is 0. The van der Waals surface area contributed by atoms with E-state index in [-0.39, 0.29) is 0 Å². The maximum atomic E-state index is 5.89. The standard InChI is InChI=1S/C16H11ClN4O/c1-21-13-5-3-2-4-12(13)14(20-21)16-19-18-15(22-16)10-6-8-11(17)9-7-10/h2-9H,1H3. The van der Waals surface area contributed by atoms with E-state index in [4.69, 9.17) is 16.0 Å². The fourth-order valence-corrected chi connectivity index (χ4v) is 2.53. The minimum absolute atomic E-state index is 0.404. The molecule has 0 amide bonds. The van der Waals surface area contributed by atoms with Crippen LogP contribution in [-0.4, -0.2) is 20.0 Å². The van der Waals surface area contributed by atoms with Crippen LogP contribution in [0.4, 0.5) is 0 Å². The maximum Gasteiger partial charge on any atom is 0.269 e. The third-order valence-electron chi connectivity index (χ3n) is 3.48. The number of aryl methyl sites for hydroxylation is 1. The number of nitrogens with zero attached hydrogens (tertiary/aromatic N) is 4. The van der Waals surface area contributed by atoms with Gasteiger partial charge in [0.05, 0.1) is 5.52 Å². The van der Waals surface area contributed by atoms with Crippen molar-refractivity contribution in [3.05, 3.63) is 53.6 Å². The van der Waals surface area contributed by atoms with Crippen LogP contribution in [0.2, 0.25) is 5.02 Å². The van der Waals surface area contributed by atoms with E-state index in [1.54, 1.807) is 16.8 Å². The van der Waals surface area contributed by atoms with Gasteiger partial charge in [-0.05, 0) is 30.3 Å². The molecule has 0 spiro atoms. The van der Waals surface area contributed by atoms with Crippen molar-refractivity contribution in [2.24, 2.45) is 7.05 Å². The highest BCUT2D eigenvalue weighted by atomic mass is 35.5. The molecule has 5 nitrogen and oxygen atoms in total. The summed E-state index contributed by atoms with van der Waals surface area (Å²) in [5.41, 5.74) is 2.53. The Labute approximate surface area is 131 Å². The minimum atomic E-state index is 0.404. The van der Waals surface area contributed by atoms with Crippen molar-refractivity contribution in [3.8, 4) is 23.0 Å². The zero-order chi connectivity index (χ0) is 15.1. The fraction of sp³-hybridized carbons (Fsp3) is 0.0625. The largest absolute Gasteiger partial charge is 0.415 e. The Morgan fingerprint density at radius 2 is 1.68 bits per heavy atom. The van der Waals surface area contributed by atoms with Gasteiger partial charge in [0.25, 0.3) is 5.89 Å². The number of hydrogen-bond donors (Lipinski definition) is 0. The Bertz CT molecular complexity index is 956. The van der Waals surface area contributed by atoms with Gasteiger partial charge in [-0.2, -0.15) is 5.10 Å². The molecule has 108 valence electrons. The van der Waals surface area contributed by atoms with Crippen molar-refractivity contribution in [2.75, 3.05) is 0 Å². The summed E-state index contributed by atoms with van der Waals surface area (Å²) in [6.07, 6.45) is 0. The molecule has 0 unspecified atom stereocenters. The molecule has 2 aromatic heterocycles. The molecular formula is C16H11ClN4O. The number of fused-ring (bicyclic) bond motifs is 1. The van der Waals surface area contributed by atoms with Crippen LogP contribution < -0.4 is 0 Å². The molecule has 4 rings (SSSR count). The molecule has 0 N–H and O–H groups in total. The summed E-state index contributed by atoms with van der Waals surface area (Å²) < 4.78 is 7.58. The lowest BCUT2D eigenvalue weighted by atomic mass is 10.2. The number of aromatic nitrogens is 4. The Morgan fingerprint density at radius 1 is 0.955 bits per heavy atom. The van der Waals surface area contributed by atoms with E-state index in [2.05, 4.69) is 15.3 Å². The maximum absolute atomic E-state index is 5.89. The van der Waals surface area contributed by atoms with Crippen molar-refractivity contribution in [2.45, 2.75) is 0 Å². The van der Waals surface area contributed by atoms with Gasteiger partial charge < -0.3 is 4.42 Å². The van der Waals surface area contributed by atoms with E-state index < -0.39 is 0 Å². The molecule has 0 atom stereocenters. The third kappa shape index (κ3) is 2.07. The van der Waals surface area contributed by atoms with Crippen molar-refractivity contribution in [1.82, 2.24) is 20.0 Å². The van der Waals surface area contributed by atoms with Crippen LogP contribution in [0.3, 0.4) is 0 Å². The molecule has 0 saturated carbocycles. The highest BCUT2D eigenvalue weighted by molar-refractivity contribution is 6.30. The van der Waals surface area contributed by atoms with Crippen LogP contribution in [-0.2, 0) is 7.05 Å². The number of hydrogen-bond acceptors (Lipinski definition) is 4. The molecule has 0 aliphatic carbocycles.